The van der Waals surface area contributed by atoms with Crippen molar-refractivity contribution in [3.8, 4) is 0 Å². The Morgan fingerprint density at radius 2 is 2.50 bits per heavy atom. The van der Waals surface area contributed by atoms with Gasteiger partial charge in [-0.15, -0.1) is 0 Å². The molecule has 1 rings (SSSR count). The van der Waals surface area contributed by atoms with Gasteiger partial charge in [-0.1, -0.05) is 6.92 Å². The van der Waals surface area contributed by atoms with Crippen molar-refractivity contribution >= 4 is 5.78 Å². The first-order valence-corrected chi connectivity index (χ1v) is 3.50. The minimum absolute atomic E-state index is 0.226. The van der Waals surface area contributed by atoms with Crippen molar-refractivity contribution in [3.05, 3.63) is 24.0 Å². The van der Waals surface area contributed by atoms with Crippen molar-refractivity contribution in [3.63, 3.8) is 0 Å². The smallest absolute Gasteiger partial charge is 0.164 e. The number of aromatic amines is 1. The lowest BCUT2D eigenvalue weighted by Gasteiger charge is -1.90. The number of nitrogens with one attached hydrogen (secondary N) is 1. The minimum Gasteiger partial charge on any atom is -0.367 e. The molecule has 0 aliphatic heterocycles. The summed E-state index contributed by atoms with van der Waals surface area (Å²) >= 11 is 0. The van der Waals surface area contributed by atoms with Crippen LogP contribution in [0.25, 0.3) is 0 Å². The van der Waals surface area contributed by atoms with Crippen LogP contribution in [0.1, 0.15) is 30.1 Å². The highest BCUT2D eigenvalue weighted by molar-refractivity contribution is 5.95. The van der Waals surface area contributed by atoms with Gasteiger partial charge in [0.25, 0.3) is 0 Å². The molecule has 0 saturated heterocycles. The van der Waals surface area contributed by atoms with Crippen LogP contribution in [0, 0.1) is 0 Å². The Morgan fingerprint density at radius 3 is 3.00 bits per heavy atom. The highest BCUT2D eigenvalue weighted by atomic mass is 16.1. The van der Waals surface area contributed by atoms with E-state index >= 15 is 0 Å². The van der Waals surface area contributed by atoms with Gasteiger partial charge in [0.05, 0.1) is 0 Å². The van der Waals surface area contributed by atoms with Gasteiger partial charge >= 0.3 is 0 Å². The van der Waals surface area contributed by atoms with Crippen LogP contribution in [0.4, 0.5) is 0 Å². The van der Waals surface area contributed by atoms with E-state index in [-0.39, 0.29) is 5.78 Å². The number of carbonyl (C=O) groups is 1. The quantitative estimate of drug-likeness (QED) is 0.635. The Hall–Kier alpha value is -1.05. The van der Waals surface area contributed by atoms with Crippen LogP contribution in [0.5, 0.6) is 0 Å². The third-order valence-corrected chi connectivity index (χ3v) is 1.40. The molecule has 54 valence electrons. The van der Waals surface area contributed by atoms with E-state index in [1.165, 1.54) is 0 Å². The number of aromatic nitrogens is 1. The fourth-order valence-electron chi connectivity index (χ4n) is 0.869. The van der Waals surface area contributed by atoms with Gasteiger partial charge < -0.3 is 4.98 Å². The van der Waals surface area contributed by atoms with Crippen molar-refractivity contribution < 1.29 is 4.79 Å². The Labute approximate surface area is 60.3 Å². The molecule has 1 heterocycles. The summed E-state index contributed by atoms with van der Waals surface area (Å²) in [5, 5.41) is 0. The summed E-state index contributed by atoms with van der Waals surface area (Å²) < 4.78 is 0. The van der Waals surface area contributed by atoms with Gasteiger partial charge in [-0.05, 0) is 12.5 Å². The zero-order chi connectivity index (χ0) is 7.40. The number of hydrogen-bond acceptors (Lipinski definition) is 1. The molecule has 0 fully saturated rings. The van der Waals surface area contributed by atoms with E-state index in [9.17, 15) is 4.79 Å². The predicted octanol–water partition coefficient (Wildman–Crippen LogP) is 2.00. The van der Waals surface area contributed by atoms with Crippen LogP contribution >= 0.6 is 0 Å². The molecule has 0 amide bonds. The van der Waals surface area contributed by atoms with Crippen molar-refractivity contribution in [1.29, 1.82) is 0 Å². The van der Waals surface area contributed by atoms with Crippen LogP contribution in [0.15, 0.2) is 18.5 Å². The van der Waals surface area contributed by atoms with Crippen molar-refractivity contribution in [2.75, 3.05) is 0 Å². The van der Waals surface area contributed by atoms with Gasteiger partial charge in [-0.2, -0.15) is 0 Å². The monoisotopic (exact) mass is 137 g/mol. The van der Waals surface area contributed by atoms with E-state index in [4.69, 9.17) is 0 Å². The summed E-state index contributed by atoms with van der Waals surface area (Å²) in [6, 6.07) is 1.80. The number of rotatable bonds is 3. The maximum absolute atomic E-state index is 11.1. The summed E-state index contributed by atoms with van der Waals surface area (Å²) in [6.45, 7) is 2.00. The summed E-state index contributed by atoms with van der Waals surface area (Å²) in [5.74, 6) is 0.226. The van der Waals surface area contributed by atoms with Gasteiger partial charge in [-0.3, -0.25) is 4.79 Å². The van der Waals surface area contributed by atoms with Crippen LogP contribution < -0.4 is 0 Å². The molecule has 2 heteroatoms. The number of H-pyrrole nitrogens is 1. The number of carbonyl (C=O) groups excluding carboxylic acids is 1. The molecule has 1 aromatic heterocycles. The second-order valence-corrected chi connectivity index (χ2v) is 2.27. The molecule has 0 aliphatic rings. The van der Waals surface area contributed by atoms with Crippen LogP contribution in [-0.2, 0) is 0 Å². The summed E-state index contributed by atoms with van der Waals surface area (Å²) in [7, 11) is 0. The minimum atomic E-state index is 0.226. The molecule has 1 aromatic rings. The first kappa shape index (κ1) is 7.06. The average Bonchev–Trinajstić information content (AvgIpc) is 2.38. The maximum Gasteiger partial charge on any atom is 0.164 e. The van der Waals surface area contributed by atoms with Crippen molar-refractivity contribution in [2.24, 2.45) is 0 Å². The van der Waals surface area contributed by atoms with Crippen molar-refractivity contribution in [1.82, 2.24) is 4.98 Å². The fraction of sp³-hybridized carbons (Fsp3) is 0.375. The normalized spacial score (nSPS) is 9.70. The van der Waals surface area contributed by atoms with E-state index in [1.54, 1.807) is 18.5 Å². The zero-order valence-electron chi connectivity index (χ0n) is 6.05. The SMILES string of the molecule is CCCC(=O)c1cc[nH]c1. The van der Waals surface area contributed by atoms with E-state index in [2.05, 4.69) is 4.98 Å². The predicted molar refractivity (Wildman–Crippen MR) is 40.0 cm³/mol. The molecule has 0 unspecified atom stereocenters. The summed E-state index contributed by atoms with van der Waals surface area (Å²) in [5.41, 5.74) is 0.793. The van der Waals surface area contributed by atoms with Crippen LogP contribution in [-0.4, -0.2) is 10.8 Å². The van der Waals surface area contributed by atoms with E-state index in [1.807, 2.05) is 6.92 Å². The lowest BCUT2D eigenvalue weighted by molar-refractivity contribution is 0.0982. The Bertz CT molecular complexity index is 201. The molecular weight excluding hydrogens is 126 g/mol. The number of hydrogen-bond donors (Lipinski definition) is 1. The van der Waals surface area contributed by atoms with Gasteiger partial charge in [0, 0.05) is 24.4 Å². The number of ketones is 1. The Balaban J connectivity index is 2.59. The maximum atomic E-state index is 11.1. The molecule has 0 aliphatic carbocycles. The highest BCUT2D eigenvalue weighted by Crippen LogP contribution is 2.02. The molecule has 0 radical (unpaired) electrons. The number of Topliss-reactive ketones (excluding diaryl/α,β-unsaturated/α-hetero) is 1. The van der Waals surface area contributed by atoms with E-state index in [0.717, 1.165) is 12.0 Å². The molecule has 2 nitrogen and oxygen atoms in total. The van der Waals surface area contributed by atoms with Crippen LogP contribution in [0.2, 0.25) is 0 Å². The molecule has 10 heavy (non-hydrogen) atoms. The summed E-state index contributed by atoms with van der Waals surface area (Å²) in [6.07, 6.45) is 5.07. The van der Waals surface area contributed by atoms with Gasteiger partial charge in [0.2, 0.25) is 0 Å². The largest absolute Gasteiger partial charge is 0.367 e. The third-order valence-electron chi connectivity index (χ3n) is 1.40. The lowest BCUT2D eigenvalue weighted by Crippen LogP contribution is -1.94. The van der Waals surface area contributed by atoms with Gasteiger partial charge in [0.15, 0.2) is 5.78 Å². The second kappa shape index (κ2) is 3.20. The first-order chi connectivity index (χ1) is 4.84. The summed E-state index contributed by atoms with van der Waals surface area (Å²) in [4.78, 5) is 13.9. The second-order valence-electron chi connectivity index (χ2n) is 2.27. The first-order valence-electron chi connectivity index (χ1n) is 3.50. The van der Waals surface area contributed by atoms with Crippen LogP contribution in [0.3, 0.4) is 0 Å². The third kappa shape index (κ3) is 1.47. The molecule has 0 saturated carbocycles. The van der Waals surface area contributed by atoms with E-state index in [0.29, 0.717) is 6.42 Å². The standard InChI is InChI=1S/C8H11NO/c1-2-3-8(10)7-4-5-9-6-7/h4-6,9H,2-3H2,1H3. The van der Waals surface area contributed by atoms with Crippen molar-refractivity contribution in [2.45, 2.75) is 19.8 Å². The average molecular weight is 137 g/mol. The van der Waals surface area contributed by atoms with Gasteiger partial charge in [0.1, 0.15) is 0 Å². The lowest BCUT2D eigenvalue weighted by atomic mass is 10.1. The molecule has 1 N–H and O–H groups in total. The molecule has 0 spiro atoms. The Morgan fingerprint density at radius 1 is 1.70 bits per heavy atom. The zero-order valence-corrected chi connectivity index (χ0v) is 6.05. The Kier molecular flexibility index (Phi) is 2.26. The molecule has 0 bridgehead atoms. The molecule has 0 atom stereocenters. The molecular formula is C8H11NO. The highest BCUT2D eigenvalue weighted by Gasteiger charge is 2.02. The molecule has 0 aromatic carbocycles. The fourth-order valence-corrected chi connectivity index (χ4v) is 0.869. The van der Waals surface area contributed by atoms with E-state index < -0.39 is 0 Å². The topological polar surface area (TPSA) is 32.9 Å². The van der Waals surface area contributed by atoms with Gasteiger partial charge in [-0.25, -0.2) is 0 Å².